The molecule has 1 amide bonds. The Morgan fingerprint density at radius 1 is 0.821 bits per heavy atom. The fraction of sp³-hybridized carbons (Fsp3) is 0.194. The van der Waals surface area contributed by atoms with Crippen molar-refractivity contribution in [3.05, 3.63) is 119 Å². The number of benzene rings is 4. The van der Waals surface area contributed by atoms with Gasteiger partial charge in [-0.1, -0.05) is 48.5 Å². The number of aryl methyl sites for hydroxylation is 2. The molecular weight excluding hydrogens is 512 g/mol. The van der Waals surface area contributed by atoms with Crippen LogP contribution in [-0.2, 0) is 16.6 Å². The third-order valence-electron chi connectivity index (χ3n) is 6.09. The summed E-state index contributed by atoms with van der Waals surface area (Å²) in [6.07, 6.45) is 0. The van der Waals surface area contributed by atoms with E-state index in [4.69, 9.17) is 9.47 Å². The van der Waals surface area contributed by atoms with Gasteiger partial charge < -0.3 is 14.8 Å². The molecule has 0 saturated heterocycles. The van der Waals surface area contributed by atoms with Crippen molar-refractivity contribution in [2.75, 3.05) is 24.6 Å². The Morgan fingerprint density at radius 2 is 1.46 bits per heavy atom. The van der Waals surface area contributed by atoms with Crippen LogP contribution in [0.15, 0.2) is 102 Å². The SMILES string of the molecule is COc1ccc(S(=O)(=O)N(Cc2ccccc2)c2ccccc2C(=O)NCCOc2cc(C)cc(C)c2)cc1. The summed E-state index contributed by atoms with van der Waals surface area (Å²) in [4.78, 5) is 13.4. The minimum Gasteiger partial charge on any atom is -0.497 e. The van der Waals surface area contributed by atoms with Crippen molar-refractivity contribution < 1.29 is 22.7 Å². The van der Waals surface area contributed by atoms with Crippen LogP contribution in [0.3, 0.4) is 0 Å². The Labute approximate surface area is 230 Å². The zero-order chi connectivity index (χ0) is 27.8. The molecule has 4 aromatic carbocycles. The first kappa shape index (κ1) is 27.7. The lowest BCUT2D eigenvalue weighted by Gasteiger charge is -2.26. The highest BCUT2D eigenvalue weighted by Gasteiger charge is 2.28. The summed E-state index contributed by atoms with van der Waals surface area (Å²) in [7, 11) is -2.51. The molecule has 0 aromatic heterocycles. The Morgan fingerprint density at radius 3 is 2.13 bits per heavy atom. The van der Waals surface area contributed by atoms with E-state index >= 15 is 0 Å². The number of nitrogens with zero attached hydrogens (tertiary/aromatic N) is 1. The highest BCUT2D eigenvalue weighted by molar-refractivity contribution is 7.92. The van der Waals surface area contributed by atoms with Crippen LogP contribution >= 0.6 is 0 Å². The minimum absolute atomic E-state index is 0.0509. The van der Waals surface area contributed by atoms with Crippen LogP contribution in [-0.4, -0.2) is 34.6 Å². The van der Waals surface area contributed by atoms with E-state index in [0.29, 0.717) is 5.75 Å². The molecule has 0 spiro atoms. The quantitative estimate of drug-likeness (QED) is 0.252. The van der Waals surface area contributed by atoms with E-state index in [1.165, 1.54) is 23.5 Å². The largest absolute Gasteiger partial charge is 0.497 e. The second-order valence-corrected chi connectivity index (χ2v) is 11.0. The van der Waals surface area contributed by atoms with Crippen LogP contribution in [0.4, 0.5) is 5.69 Å². The Balaban J connectivity index is 1.59. The number of hydrogen-bond donors (Lipinski definition) is 1. The molecule has 0 radical (unpaired) electrons. The first-order valence-corrected chi connectivity index (χ1v) is 14.0. The predicted octanol–water partition coefficient (Wildman–Crippen LogP) is 5.52. The number of para-hydroxylation sites is 1. The average Bonchev–Trinajstić information content (AvgIpc) is 2.94. The number of carbonyl (C=O) groups is 1. The molecule has 39 heavy (non-hydrogen) atoms. The highest BCUT2D eigenvalue weighted by atomic mass is 32.2. The highest BCUT2D eigenvalue weighted by Crippen LogP contribution is 2.30. The average molecular weight is 545 g/mol. The first-order valence-electron chi connectivity index (χ1n) is 12.6. The monoisotopic (exact) mass is 544 g/mol. The second-order valence-electron chi connectivity index (χ2n) is 9.12. The van der Waals surface area contributed by atoms with Gasteiger partial charge in [0.1, 0.15) is 18.1 Å². The van der Waals surface area contributed by atoms with E-state index in [-0.39, 0.29) is 35.8 Å². The number of amides is 1. The smallest absolute Gasteiger partial charge is 0.264 e. The van der Waals surface area contributed by atoms with Crippen LogP contribution in [0.2, 0.25) is 0 Å². The normalized spacial score (nSPS) is 11.1. The van der Waals surface area contributed by atoms with Gasteiger partial charge >= 0.3 is 0 Å². The van der Waals surface area contributed by atoms with Gasteiger partial charge in [-0.05, 0) is 79.1 Å². The van der Waals surface area contributed by atoms with Crippen molar-refractivity contribution >= 4 is 21.6 Å². The lowest BCUT2D eigenvalue weighted by molar-refractivity contribution is 0.0947. The maximum Gasteiger partial charge on any atom is 0.264 e. The number of hydrogen-bond acceptors (Lipinski definition) is 5. The fourth-order valence-corrected chi connectivity index (χ4v) is 5.72. The zero-order valence-electron chi connectivity index (χ0n) is 22.3. The van der Waals surface area contributed by atoms with Gasteiger partial charge in [0.15, 0.2) is 0 Å². The molecule has 0 fully saturated rings. The molecule has 1 N–H and O–H groups in total. The van der Waals surface area contributed by atoms with Crippen molar-refractivity contribution in [3.8, 4) is 11.5 Å². The van der Waals surface area contributed by atoms with Crippen LogP contribution in [0.25, 0.3) is 0 Å². The number of sulfonamides is 1. The topological polar surface area (TPSA) is 84.9 Å². The maximum absolute atomic E-state index is 13.9. The molecule has 0 unspecified atom stereocenters. The molecule has 4 aromatic rings. The van der Waals surface area contributed by atoms with Crippen LogP contribution in [0, 0.1) is 13.8 Å². The Bertz CT molecular complexity index is 1500. The second kappa shape index (κ2) is 12.5. The number of rotatable bonds is 11. The molecule has 7 nitrogen and oxygen atoms in total. The van der Waals surface area contributed by atoms with E-state index in [1.807, 2.05) is 56.3 Å². The van der Waals surface area contributed by atoms with Crippen molar-refractivity contribution in [2.45, 2.75) is 25.3 Å². The van der Waals surface area contributed by atoms with Crippen molar-refractivity contribution in [1.29, 1.82) is 0 Å². The standard InChI is InChI=1S/C31H32N2O5S/c1-23-19-24(2)21-27(20-23)38-18-17-32-31(34)29-11-7-8-12-30(29)33(22-25-9-5-4-6-10-25)39(35,36)28-15-13-26(37-3)14-16-28/h4-16,19-21H,17-18,22H2,1-3H3,(H,32,34). The summed E-state index contributed by atoms with van der Waals surface area (Å²) in [5.41, 5.74) is 3.51. The van der Waals surface area contributed by atoms with E-state index in [0.717, 1.165) is 22.4 Å². The molecule has 0 heterocycles. The lowest BCUT2D eigenvalue weighted by Crippen LogP contribution is -2.34. The summed E-state index contributed by atoms with van der Waals surface area (Å²) in [5.74, 6) is 0.894. The van der Waals surface area contributed by atoms with Gasteiger partial charge in [-0.25, -0.2) is 8.42 Å². The molecule has 8 heteroatoms. The third kappa shape index (κ3) is 6.97. The van der Waals surface area contributed by atoms with Gasteiger partial charge in [0.25, 0.3) is 15.9 Å². The summed E-state index contributed by atoms with van der Waals surface area (Å²) in [6, 6.07) is 28.1. The molecule has 0 atom stereocenters. The molecular formula is C31H32N2O5S. The van der Waals surface area contributed by atoms with Gasteiger partial charge in [-0.2, -0.15) is 0 Å². The zero-order valence-corrected chi connectivity index (χ0v) is 23.1. The number of ether oxygens (including phenoxy) is 2. The van der Waals surface area contributed by atoms with Gasteiger partial charge in [0.05, 0.1) is 36.3 Å². The van der Waals surface area contributed by atoms with E-state index < -0.39 is 15.9 Å². The summed E-state index contributed by atoms with van der Waals surface area (Å²) in [5, 5.41) is 2.86. The van der Waals surface area contributed by atoms with E-state index in [1.54, 1.807) is 36.4 Å². The van der Waals surface area contributed by atoms with Crippen molar-refractivity contribution in [3.63, 3.8) is 0 Å². The van der Waals surface area contributed by atoms with E-state index in [2.05, 4.69) is 11.4 Å². The fourth-order valence-electron chi connectivity index (χ4n) is 4.25. The molecule has 0 bridgehead atoms. The molecule has 0 aliphatic heterocycles. The summed E-state index contributed by atoms with van der Waals surface area (Å²) in [6.45, 7) is 4.58. The number of methoxy groups -OCH3 is 1. The van der Waals surface area contributed by atoms with Crippen molar-refractivity contribution in [1.82, 2.24) is 5.32 Å². The van der Waals surface area contributed by atoms with Crippen LogP contribution in [0.5, 0.6) is 11.5 Å². The number of carbonyl (C=O) groups excluding carboxylic acids is 1. The molecule has 0 saturated carbocycles. The van der Waals surface area contributed by atoms with Gasteiger partial charge in [-0.3, -0.25) is 9.10 Å². The molecule has 4 rings (SSSR count). The number of nitrogens with one attached hydrogen (secondary N) is 1. The molecule has 0 aliphatic carbocycles. The lowest BCUT2D eigenvalue weighted by atomic mass is 10.1. The Hall–Kier alpha value is -4.30. The number of anilines is 1. The maximum atomic E-state index is 13.9. The van der Waals surface area contributed by atoms with Crippen LogP contribution < -0.4 is 19.1 Å². The summed E-state index contributed by atoms with van der Waals surface area (Å²) < 4.78 is 40.1. The minimum atomic E-state index is -4.03. The summed E-state index contributed by atoms with van der Waals surface area (Å²) >= 11 is 0. The van der Waals surface area contributed by atoms with Gasteiger partial charge in [0.2, 0.25) is 0 Å². The van der Waals surface area contributed by atoms with E-state index in [9.17, 15) is 13.2 Å². The Kier molecular flexibility index (Phi) is 8.88. The van der Waals surface area contributed by atoms with Gasteiger partial charge in [-0.15, -0.1) is 0 Å². The molecule has 0 aliphatic rings. The first-order chi connectivity index (χ1) is 18.8. The third-order valence-corrected chi connectivity index (χ3v) is 7.86. The van der Waals surface area contributed by atoms with Gasteiger partial charge in [0, 0.05) is 0 Å². The molecule has 202 valence electrons. The predicted molar refractivity (Wildman–Crippen MR) is 153 cm³/mol. The van der Waals surface area contributed by atoms with Crippen LogP contribution in [0.1, 0.15) is 27.0 Å². The van der Waals surface area contributed by atoms with Crippen molar-refractivity contribution in [2.24, 2.45) is 0 Å².